The second-order valence-corrected chi connectivity index (χ2v) is 6.57. The minimum Gasteiger partial charge on any atom is -0.381 e. The molecule has 106 valence electrons. The molecular weight excluding hydrogens is 230 g/mol. The fraction of sp³-hybridized carbons (Fsp3) is 1.00. The van der Waals surface area contributed by atoms with Gasteiger partial charge in [0.05, 0.1) is 25.9 Å². The van der Waals surface area contributed by atoms with Crippen LogP contribution in [0.3, 0.4) is 0 Å². The summed E-state index contributed by atoms with van der Waals surface area (Å²) in [4.78, 5) is 0. The maximum atomic E-state index is 6.09. The summed E-state index contributed by atoms with van der Waals surface area (Å²) < 4.78 is 17.3. The van der Waals surface area contributed by atoms with Crippen molar-refractivity contribution in [2.45, 2.75) is 58.5 Å². The first-order valence-corrected chi connectivity index (χ1v) is 7.04. The topological polar surface area (TPSA) is 39.7 Å². The molecule has 2 atom stereocenters. The van der Waals surface area contributed by atoms with Gasteiger partial charge in [-0.05, 0) is 12.3 Å². The molecule has 2 aliphatic heterocycles. The van der Waals surface area contributed by atoms with Gasteiger partial charge in [0.2, 0.25) is 0 Å². The minimum absolute atomic E-state index is 0.174. The van der Waals surface area contributed by atoms with E-state index in [1.165, 1.54) is 0 Å². The molecule has 4 heteroatoms. The van der Waals surface area contributed by atoms with E-state index in [2.05, 4.69) is 33.0 Å². The van der Waals surface area contributed by atoms with Crippen LogP contribution in [0, 0.1) is 5.41 Å². The van der Waals surface area contributed by atoms with Crippen LogP contribution in [0.5, 0.6) is 0 Å². The molecule has 0 aromatic carbocycles. The van der Waals surface area contributed by atoms with E-state index in [-0.39, 0.29) is 17.3 Å². The molecule has 2 aliphatic rings. The van der Waals surface area contributed by atoms with Crippen molar-refractivity contribution in [3.63, 3.8) is 0 Å². The molecule has 1 N–H and O–H groups in total. The van der Waals surface area contributed by atoms with Crippen LogP contribution in [0.2, 0.25) is 0 Å². The van der Waals surface area contributed by atoms with Gasteiger partial charge in [-0.2, -0.15) is 0 Å². The summed E-state index contributed by atoms with van der Waals surface area (Å²) in [5.74, 6) is -0.352. The largest absolute Gasteiger partial charge is 0.381 e. The number of ether oxygens (including phenoxy) is 3. The predicted octanol–water partition coefficient (Wildman–Crippen LogP) is 1.93. The van der Waals surface area contributed by atoms with E-state index >= 15 is 0 Å². The van der Waals surface area contributed by atoms with Gasteiger partial charge in [0.25, 0.3) is 0 Å². The van der Waals surface area contributed by atoms with Gasteiger partial charge in [-0.25, -0.2) is 0 Å². The highest BCUT2D eigenvalue weighted by atomic mass is 16.7. The second kappa shape index (κ2) is 5.45. The van der Waals surface area contributed by atoms with Crippen LogP contribution in [-0.4, -0.2) is 44.3 Å². The molecule has 0 aliphatic carbocycles. The molecule has 2 fully saturated rings. The van der Waals surface area contributed by atoms with Crippen molar-refractivity contribution >= 4 is 0 Å². The second-order valence-electron chi connectivity index (χ2n) is 6.57. The van der Waals surface area contributed by atoms with Crippen LogP contribution in [0.1, 0.15) is 40.5 Å². The normalized spacial score (nSPS) is 29.7. The molecule has 0 bridgehead atoms. The van der Waals surface area contributed by atoms with Crippen LogP contribution in [0.4, 0.5) is 0 Å². The highest BCUT2D eigenvalue weighted by Crippen LogP contribution is 2.33. The zero-order chi connectivity index (χ0) is 13.2. The number of rotatable bonds is 3. The van der Waals surface area contributed by atoms with Crippen LogP contribution < -0.4 is 5.32 Å². The van der Waals surface area contributed by atoms with E-state index in [0.717, 1.165) is 32.6 Å². The summed E-state index contributed by atoms with van der Waals surface area (Å²) in [5.41, 5.74) is 0.274. The Morgan fingerprint density at radius 3 is 2.56 bits per heavy atom. The Kier molecular flexibility index (Phi) is 4.32. The lowest BCUT2D eigenvalue weighted by Gasteiger charge is -2.32. The molecule has 2 heterocycles. The lowest BCUT2D eigenvalue weighted by molar-refractivity contribution is -0.210. The van der Waals surface area contributed by atoms with Crippen molar-refractivity contribution in [1.82, 2.24) is 5.32 Å². The Morgan fingerprint density at radius 2 is 1.94 bits per heavy atom. The summed E-state index contributed by atoms with van der Waals surface area (Å²) in [6, 6.07) is 0.465. The summed E-state index contributed by atoms with van der Waals surface area (Å²) in [6.45, 7) is 12.0. The molecule has 4 nitrogen and oxygen atoms in total. The van der Waals surface area contributed by atoms with E-state index in [9.17, 15) is 0 Å². The Labute approximate surface area is 110 Å². The van der Waals surface area contributed by atoms with Gasteiger partial charge in [-0.3, -0.25) is 0 Å². The highest BCUT2D eigenvalue weighted by molar-refractivity contribution is 4.84. The lowest BCUT2D eigenvalue weighted by atomic mass is 9.88. The minimum atomic E-state index is -0.352. The highest BCUT2D eigenvalue weighted by Gasteiger charge is 2.42. The first-order valence-electron chi connectivity index (χ1n) is 7.04. The summed E-state index contributed by atoms with van der Waals surface area (Å²) in [6.07, 6.45) is 1.89. The number of hydrogen-bond donors (Lipinski definition) is 1. The summed E-state index contributed by atoms with van der Waals surface area (Å²) in [5, 5.41) is 3.55. The van der Waals surface area contributed by atoms with E-state index in [1.54, 1.807) is 0 Å². The van der Waals surface area contributed by atoms with Crippen LogP contribution >= 0.6 is 0 Å². The van der Waals surface area contributed by atoms with Gasteiger partial charge >= 0.3 is 0 Å². The molecule has 0 aromatic rings. The van der Waals surface area contributed by atoms with Crippen molar-refractivity contribution in [3.8, 4) is 0 Å². The standard InChI is InChI=1S/C14H27NO3/c1-11(13(2,3)4)15-9-12-10-17-14(18-12)5-7-16-8-6-14/h11-12,15H,5-10H2,1-4H3/t11-,12-/m0/s1. The quantitative estimate of drug-likeness (QED) is 0.838. The molecule has 18 heavy (non-hydrogen) atoms. The zero-order valence-corrected chi connectivity index (χ0v) is 12.1. The van der Waals surface area contributed by atoms with Crippen molar-refractivity contribution < 1.29 is 14.2 Å². The number of hydrogen-bond acceptors (Lipinski definition) is 4. The monoisotopic (exact) mass is 257 g/mol. The Hall–Kier alpha value is -0.160. The SMILES string of the molecule is C[C@H](NC[C@H]1COC2(CCOCC2)O1)C(C)(C)C. The van der Waals surface area contributed by atoms with Crippen LogP contribution in [-0.2, 0) is 14.2 Å². The average Bonchev–Trinajstić information content (AvgIpc) is 2.69. The Balaban J connectivity index is 1.76. The molecule has 1 spiro atoms. The van der Waals surface area contributed by atoms with E-state index in [1.807, 2.05) is 0 Å². The van der Waals surface area contributed by atoms with Gasteiger partial charge in [-0.1, -0.05) is 20.8 Å². The molecule has 2 rings (SSSR count). The van der Waals surface area contributed by atoms with E-state index < -0.39 is 0 Å². The lowest BCUT2D eigenvalue weighted by Crippen LogP contribution is -2.43. The molecule has 0 amide bonds. The average molecular weight is 257 g/mol. The zero-order valence-electron chi connectivity index (χ0n) is 12.1. The van der Waals surface area contributed by atoms with Gasteiger partial charge in [0, 0.05) is 25.4 Å². The van der Waals surface area contributed by atoms with Crippen molar-refractivity contribution in [3.05, 3.63) is 0 Å². The van der Waals surface area contributed by atoms with E-state index in [4.69, 9.17) is 14.2 Å². The molecule has 0 unspecified atom stereocenters. The third-order valence-electron chi connectivity index (χ3n) is 4.12. The third-order valence-corrected chi connectivity index (χ3v) is 4.12. The maximum absolute atomic E-state index is 6.09. The Morgan fingerprint density at radius 1 is 1.28 bits per heavy atom. The first-order chi connectivity index (χ1) is 8.41. The first kappa shape index (κ1) is 14.3. The summed E-state index contributed by atoms with van der Waals surface area (Å²) in [7, 11) is 0. The van der Waals surface area contributed by atoms with Gasteiger partial charge < -0.3 is 19.5 Å². The van der Waals surface area contributed by atoms with Crippen LogP contribution in [0.15, 0.2) is 0 Å². The van der Waals surface area contributed by atoms with Gasteiger partial charge in [0.1, 0.15) is 0 Å². The van der Waals surface area contributed by atoms with E-state index in [0.29, 0.717) is 12.6 Å². The molecule has 0 radical (unpaired) electrons. The molecular formula is C14H27NO3. The smallest absolute Gasteiger partial charge is 0.173 e. The predicted molar refractivity (Wildman–Crippen MR) is 70.5 cm³/mol. The fourth-order valence-electron chi connectivity index (χ4n) is 2.28. The van der Waals surface area contributed by atoms with Crippen molar-refractivity contribution in [1.29, 1.82) is 0 Å². The Bertz CT molecular complexity index is 269. The summed E-state index contributed by atoms with van der Waals surface area (Å²) >= 11 is 0. The van der Waals surface area contributed by atoms with Crippen molar-refractivity contribution in [2.24, 2.45) is 5.41 Å². The van der Waals surface area contributed by atoms with Crippen LogP contribution in [0.25, 0.3) is 0 Å². The fourth-order valence-corrected chi connectivity index (χ4v) is 2.28. The third kappa shape index (κ3) is 3.44. The van der Waals surface area contributed by atoms with Crippen molar-refractivity contribution in [2.75, 3.05) is 26.4 Å². The maximum Gasteiger partial charge on any atom is 0.173 e. The van der Waals surface area contributed by atoms with Gasteiger partial charge in [-0.15, -0.1) is 0 Å². The molecule has 0 aromatic heterocycles. The van der Waals surface area contributed by atoms with Gasteiger partial charge in [0.15, 0.2) is 5.79 Å². The molecule has 0 saturated carbocycles. The molecule has 2 saturated heterocycles. The number of nitrogens with one attached hydrogen (secondary N) is 1.